The Balaban J connectivity index is 2.92. The van der Waals surface area contributed by atoms with Crippen molar-refractivity contribution < 1.29 is 17.9 Å². The summed E-state index contributed by atoms with van der Waals surface area (Å²) in [5, 5.41) is 2.87. The first-order valence-corrected chi connectivity index (χ1v) is 5.83. The van der Waals surface area contributed by atoms with E-state index in [1.807, 2.05) is 6.92 Å². The van der Waals surface area contributed by atoms with E-state index in [9.17, 15) is 13.2 Å². The summed E-state index contributed by atoms with van der Waals surface area (Å²) < 4.78 is 42.9. The van der Waals surface area contributed by atoms with Crippen LogP contribution in [-0.2, 0) is 12.7 Å². The molecule has 0 aromatic carbocycles. The molecular weight excluding hydrogens is 245 g/mol. The standard InChI is InChI=1S/C12H17F3N2O/c1-3-4-7-18-11-9(8-16-2)5-6-10(17-11)12(13,14)15/h5-6,16H,3-4,7-8H2,1-2H3. The van der Waals surface area contributed by atoms with Crippen LogP contribution in [0.25, 0.3) is 0 Å². The van der Waals surface area contributed by atoms with Crippen molar-refractivity contribution in [2.45, 2.75) is 32.5 Å². The Bertz CT molecular complexity index is 380. The van der Waals surface area contributed by atoms with Gasteiger partial charge in [0.2, 0.25) is 5.88 Å². The van der Waals surface area contributed by atoms with Crippen LogP contribution in [0.5, 0.6) is 5.88 Å². The molecule has 0 aliphatic carbocycles. The third-order valence-corrected chi connectivity index (χ3v) is 2.33. The van der Waals surface area contributed by atoms with Crippen molar-refractivity contribution in [2.24, 2.45) is 0 Å². The monoisotopic (exact) mass is 262 g/mol. The summed E-state index contributed by atoms with van der Waals surface area (Å²) in [6.45, 7) is 2.78. The maximum absolute atomic E-state index is 12.5. The maximum atomic E-state index is 12.5. The highest BCUT2D eigenvalue weighted by Gasteiger charge is 2.33. The van der Waals surface area contributed by atoms with Gasteiger partial charge in [-0.2, -0.15) is 13.2 Å². The third kappa shape index (κ3) is 4.18. The number of hydrogen-bond acceptors (Lipinski definition) is 3. The zero-order chi connectivity index (χ0) is 13.6. The molecule has 0 spiro atoms. The largest absolute Gasteiger partial charge is 0.477 e. The zero-order valence-electron chi connectivity index (χ0n) is 10.5. The minimum atomic E-state index is -4.44. The third-order valence-electron chi connectivity index (χ3n) is 2.33. The number of rotatable bonds is 6. The first-order chi connectivity index (χ1) is 8.49. The SMILES string of the molecule is CCCCOc1nc(C(F)(F)F)ccc1CNC. The van der Waals surface area contributed by atoms with Gasteiger partial charge in [-0.05, 0) is 19.5 Å². The Morgan fingerprint density at radius 3 is 2.61 bits per heavy atom. The molecule has 0 amide bonds. The van der Waals surface area contributed by atoms with Gasteiger partial charge in [-0.1, -0.05) is 19.4 Å². The lowest BCUT2D eigenvalue weighted by atomic mass is 10.2. The molecule has 1 rings (SSSR count). The van der Waals surface area contributed by atoms with Gasteiger partial charge in [-0.3, -0.25) is 0 Å². The summed E-state index contributed by atoms with van der Waals surface area (Å²) in [5.74, 6) is 0.0626. The Morgan fingerprint density at radius 2 is 2.06 bits per heavy atom. The smallest absolute Gasteiger partial charge is 0.433 e. The summed E-state index contributed by atoms with van der Waals surface area (Å²) >= 11 is 0. The summed E-state index contributed by atoms with van der Waals surface area (Å²) in [7, 11) is 1.72. The fourth-order valence-corrected chi connectivity index (χ4v) is 1.39. The van der Waals surface area contributed by atoms with Crippen LogP contribution in [0.2, 0.25) is 0 Å². The highest BCUT2D eigenvalue weighted by molar-refractivity contribution is 5.29. The molecule has 0 unspecified atom stereocenters. The second-order valence-corrected chi connectivity index (χ2v) is 3.89. The second kappa shape index (κ2) is 6.58. The van der Waals surface area contributed by atoms with Crippen LogP contribution in [0.1, 0.15) is 31.0 Å². The predicted molar refractivity (Wildman–Crippen MR) is 62.4 cm³/mol. The molecule has 3 nitrogen and oxygen atoms in total. The molecule has 0 saturated carbocycles. The number of alkyl halides is 3. The lowest BCUT2D eigenvalue weighted by Crippen LogP contribution is -2.13. The topological polar surface area (TPSA) is 34.1 Å². The van der Waals surface area contributed by atoms with Crippen LogP contribution in [0.4, 0.5) is 13.2 Å². The Morgan fingerprint density at radius 1 is 1.33 bits per heavy atom. The van der Waals surface area contributed by atoms with Crippen molar-refractivity contribution in [3.63, 3.8) is 0 Å². The number of hydrogen-bond donors (Lipinski definition) is 1. The van der Waals surface area contributed by atoms with Gasteiger partial charge in [-0.15, -0.1) is 0 Å². The van der Waals surface area contributed by atoms with E-state index in [4.69, 9.17) is 4.74 Å². The average molecular weight is 262 g/mol. The van der Waals surface area contributed by atoms with Crippen molar-refractivity contribution in [2.75, 3.05) is 13.7 Å². The molecular formula is C12H17F3N2O. The summed E-state index contributed by atoms with van der Waals surface area (Å²) in [6, 6.07) is 2.37. The predicted octanol–water partition coefficient (Wildman–Crippen LogP) is 3.00. The van der Waals surface area contributed by atoms with Crippen LogP contribution in [0.3, 0.4) is 0 Å². The van der Waals surface area contributed by atoms with Crippen LogP contribution in [0.15, 0.2) is 12.1 Å². The number of halogens is 3. The fourth-order valence-electron chi connectivity index (χ4n) is 1.39. The lowest BCUT2D eigenvalue weighted by molar-refractivity contribution is -0.141. The number of pyridine rings is 1. The molecule has 1 aromatic rings. The van der Waals surface area contributed by atoms with E-state index in [-0.39, 0.29) is 5.88 Å². The van der Waals surface area contributed by atoms with Gasteiger partial charge in [0.15, 0.2) is 0 Å². The van der Waals surface area contributed by atoms with E-state index in [1.54, 1.807) is 7.05 Å². The molecule has 1 aromatic heterocycles. The average Bonchev–Trinajstić information content (AvgIpc) is 2.30. The minimum Gasteiger partial charge on any atom is -0.477 e. The first kappa shape index (κ1) is 14.8. The molecule has 0 bridgehead atoms. The highest BCUT2D eigenvalue weighted by Crippen LogP contribution is 2.30. The van der Waals surface area contributed by atoms with Gasteiger partial charge >= 0.3 is 6.18 Å². The van der Waals surface area contributed by atoms with Gasteiger partial charge in [0, 0.05) is 12.1 Å². The quantitative estimate of drug-likeness (QED) is 0.800. The molecule has 102 valence electrons. The van der Waals surface area contributed by atoms with E-state index in [1.165, 1.54) is 6.07 Å². The van der Waals surface area contributed by atoms with E-state index in [0.717, 1.165) is 18.9 Å². The van der Waals surface area contributed by atoms with Crippen LogP contribution in [-0.4, -0.2) is 18.6 Å². The van der Waals surface area contributed by atoms with Crippen LogP contribution < -0.4 is 10.1 Å². The Hall–Kier alpha value is -1.30. The van der Waals surface area contributed by atoms with Gasteiger partial charge in [0.05, 0.1) is 6.61 Å². The molecule has 1 N–H and O–H groups in total. The van der Waals surface area contributed by atoms with Crippen molar-refractivity contribution in [1.29, 1.82) is 0 Å². The Kier molecular flexibility index (Phi) is 5.40. The molecule has 6 heteroatoms. The fraction of sp³-hybridized carbons (Fsp3) is 0.583. The molecule has 0 radical (unpaired) electrons. The molecule has 0 fully saturated rings. The summed E-state index contributed by atoms with van der Waals surface area (Å²) in [4.78, 5) is 3.55. The number of aromatic nitrogens is 1. The van der Waals surface area contributed by atoms with Gasteiger partial charge in [-0.25, -0.2) is 4.98 Å². The zero-order valence-corrected chi connectivity index (χ0v) is 10.5. The van der Waals surface area contributed by atoms with E-state index < -0.39 is 11.9 Å². The van der Waals surface area contributed by atoms with Gasteiger partial charge in [0.25, 0.3) is 0 Å². The molecule has 0 aliphatic heterocycles. The minimum absolute atomic E-state index is 0.0626. The number of unbranched alkanes of at least 4 members (excludes halogenated alkanes) is 1. The van der Waals surface area contributed by atoms with E-state index in [0.29, 0.717) is 18.7 Å². The van der Waals surface area contributed by atoms with Crippen molar-refractivity contribution in [3.8, 4) is 5.88 Å². The molecule has 1 heterocycles. The van der Waals surface area contributed by atoms with Crippen LogP contribution >= 0.6 is 0 Å². The molecule has 0 saturated heterocycles. The van der Waals surface area contributed by atoms with Gasteiger partial charge in [0.1, 0.15) is 5.69 Å². The molecule has 0 aliphatic rings. The molecule has 0 atom stereocenters. The summed E-state index contributed by atoms with van der Waals surface area (Å²) in [6.07, 6.45) is -2.74. The number of ether oxygens (including phenoxy) is 1. The van der Waals surface area contributed by atoms with Crippen molar-refractivity contribution in [1.82, 2.24) is 10.3 Å². The van der Waals surface area contributed by atoms with Gasteiger partial charge < -0.3 is 10.1 Å². The van der Waals surface area contributed by atoms with Crippen LogP contribution in [0, 0.1) is 0 Å². The molecule has 18 heavy (non-hydrogen) atoms. The normalized spacial score (nSPS) is 11.6. The van der Waals surface area contributed by atoms with E-state index in [2.05, 4.69) is 10.3 Å². The number of nitrogens with one attached hydrogen (secondary N) is 1. The van der Waals surface area contributed by atoms with Crippen molar-refractivity contribution in [3.05, 3.63) is 23.4 Å². The first-order valence-electron chi connectivity index (χ1n) is 5.83. The maximum Gasteiger partial charge on any atom is 0.433 e. The van der Waals surface area contributed by atoms with E-state index >= 15 is 0 Å². The highest BCUT2D eigenvalue weighted by atomic mass is 19.4. The Labute approximate surface area is 104 Å². The number of nitrogens with zero attached hydrogens (tertiary/aromatic N) is 1. The second-order valence-electron chi connectivity index (χ2n) is 3.89. The summed E-state index contributed by atoms with van der Waals surface area (Å²) in [5.41, 5.74) is -0.296. The van der Waals surface area contributed by atoms with Crippen molar-refractivity contribution >= 4 is 0 Å². The lowest BCUT2D eigenvalue weighted by Gasteiger charge is -2.13.